The zero-order valence-corrected chi connectivity index (χ0v) is 23.4. The van der Waals surface area contributed by atoms with E-state index < -0.39 is 17.3 Å². The molecule has 1 unspecified atom stereocenters. The average Bonchev–Trinajstić information content (AvgIpc) is 3.27. The van der Waals surface area contributed by atoms with Gasteiger partial charge in [-0.05, 0) is 56.5 Å². The van der Waals surface area contributed by atoms with Crippen LogP contribution in [0.5, 0.6) is 11.5 Å². The first-order valence-electron chi connectivity index (χ1n) is 13.6. The number of nitrogens with one attached hydrogen (secondary N) is 2. The smallest absolute Gasteiger partial charge is 0.284 e. The van der Waals surface area contributed by atoms with Crippen molar-refractivity contribution < 1.29 is 13.9 Å². The highest BCUT2D eigenvalue weighted by Gasteiger charge is 2.48. The molecule has 1 spiro atoms. The minimum Gasteiger partial charge on any atom is -0.453 e. The van der Waals surface area contributed by atoms with E-state index in [2.05, 4.69) is 21.7 Å². The highest BCUT2D eigenvalue weighted by molar-refractivity contribution is 7.19. The van der Waals surface area contributed by atoms with Crippen LogP contribution in [0.3, 0.4) is 0 Å². The molecule has 3 aromatic heterocycles. The quantitative estimate of drug-likeness (QED) is 0.266. The number of hydrogen-bond acceptors (Lipinski definition) is 6. The van der Waals surface area contributed by atoms with Crippen LogP contribution in [-0.4, -0.2) is 32.3 Å². The van der Waals surface area contributed by atoms with Gasteiger partial charge in [-0.3, -0.25) is 19.3 Å². The molecule has 7 rings (SSSR count). The second-order valence-corrected chi connectivity index (χ2v) is 12.0. The predicted molar refractivity (Wildman–Crippen MR) is 157 cm³/mol. The Kier molecular flexibility index (Phi) is 6.06. The van der Waals surface area contributed by atoms with E-state index in [1.54, 1.807) is 60.5 Å². The van der Waals surface area contributed by atoms with Gasteiger partial charge in [-0.1, -0.05) is 18.2 Å². The SMILES string of the molecule is Cc1c(C(=O)Nc2ccc(Oc3ccnc4cc(C5CNC6(CC6)C5)sc34)c(F)c2)c(=O)n(-c2ccccc2)n1C. The van der Waals surface area contributed by atoms with Crippen LogP contribution in [0.2, 0.25) is 0 Å². The topological polar surface area (TPSA) is 90.2 Å². The number of benzene rings is 2. The molecule has 2 N–H and O–H groups in total. The lowest BCUT2D eigenvalue weighted by Crippen LogP contribution is -2.25. The fraction of sp³-hybridized carbons (Fsp3) is 0.258. The molecule has 1 aliphatic heterocycles. The molecule has 10 heteroatoms. The number of amides is 1. The van der Waals surface area contributed by atoms with Crippen LogP contribution in [0.4, 0.5) is 10.1 Å². The number of aromatic nitrogens is 3. The van der Waals surface area contributed by atoms with Gasteiger partial charge in [0, 0.05) is 53.9 Å². The number of halogens is 1. The van der Waals surface area contributed by atoms with E-state index in [0.717, 1.165) is 23.2 Å². The summed E-state index contributed by atoms with van der Waals surface area (Å²) in [6.45, 7) is 2.67. The highest BCUT2D eigenvalue weighted by Crippen LogP contribution is 2.49. The van der Waals surface area contributed by atoms with E-state index in [4.69, 9.17) is 4.74 Å². The van der Waals surface area contributed by atoms with Crippen molar-refractivity contribution in [2.75, 3.05) is 11.9 Å². The van der Waals surface area contributed by atoms with Gasteiger partial charge in [0.05, 0.1) is 21.6 Å². The molecule has 41 heavy (non-hydrogen) atoms. The summed E-state index contributed by atoms with van der Waals surface area (Å²) in [5.41, 5.74) is 2.07. The molecule has 1 amide bonds. The van der Waals surface area contributed by atoms with Gasteiger partial charge in [-0.25, -0.2) is 9.07 Å². The lowest BCUT2D eigenvalue weighted by Gasteiger charge is -2.10. The van der Waals surface area contributed by atoms with Crippen molar-refractivity contribution in [2.45, 2.75) is 37.6 Å². The van der Waals surface area contributed by atoms with E-state index in [1.165, 1.54) is 34.5 Å². The molecule has 2 aliphatic rings. The van der Waals surface area contributed by atoms with E-state index in [0.29, 0.717) is 28.6 Å². The standard InChI is InChI=1S/C31H28FN5O3S/c1-18-27(30(39)37(36(18)2)21-6-4-3-5-7-21)29(38)35-20-8-9-24(22(32)14-20)40-25-10-13-33-23-15-26(41-28(23)25)19-16-31(11-12-31)34-17-19/h3-10,13-15,19,34H,11-12,16-17H2,1-2H3,(H,35,38). The van der Waals surface area contributed by atoms with Crippen LogP contribution < -0.4 is 20.9 Å². The van der Waals surface area contributed by atoms with Gasteiger partial charge in [0.15, 0.2) is 11.6 Å². The van der Waals surface area contributed by atoms with Crippen LogP contribution in [0.1, 0.15) is 46.1 Å². The Morgan fingerprint density at radius 1 is 1.15 bits per heavy atom. The fourth-order valence-electron chi connectivity index (χ4n) is 5.71. The van der Waals surface area contributed by atoms with E-state index in [9.17, 15) is 9.59 Å². The summed E-state index contributed by atoms with van der Waals surface area (Å²) >= 11 is 1.65. The third-order valence-electron chi connectivity index (χ3n) is 8.20. The molecule has 2 fully saturated rings. The first-order valence-corrected chi connectivity index (χ1v) is 14.4. The number of carbonyl (C=O) groups is 1. The van der Waals surface area contributed by atoms with Crippen LogP contribution in [-0.2, 0) is 7.05 Å². The van der Waals surface area contributed by atoms with Crippen molar-refractivity contribution in [1.82, 2.24) is 19.7 Å². The van der Waals surface area contributed by atoms with Gasteiger partial charge in [-0.15, -0.1) is 11.3 Å². The number of anilines is 1. The summed E-state index contributed by atoms with van der Waals surface area (Å²) in [6, 6.07) is 17.2. The third-order valence-corrected chi connectivity index (χ3v) is 9.50. The molecular weight excluding hydrogens is 541 g/mol. The lowest BCUT2D eigenvalue weighted by atomic mass is 10.0. The van der Waals surface area contributed by atoms with Crippen molar-refractivity contribution in [1.29, 1.82) is 0 Å². The van der Waals surface area contributed by atoms with Crippen molar-refractivity contribution in [3.63, 3.8) is 0 Å². The molecule has 1 saturated carbocycles. The maximum Gasteiger partial charge on any atom is 0.284 e. The molecule has 1 atom stereocenters. The number of rotatable bonds is 6. The monoisotopic (exact) mass is 569 g/mol. The van der Waals surface area contributed by atoms with Crippen molar-refractivity contribution in [2.24, 2.45) is 7.05 Å². The van der Waals surface area contributed by atoms with Crippen LogP contribution >= 0.6 is 11.3 Å². The van der Waals surface area contributed by atoms with Gasteiger partial charge >= 0.3 is 0 Å². The number of hydrogen-bond donors (Lipinski definition) is 2. The van der Waals surface area contributed by atoms with E-state index in [1.807, 2.05) is 18.2 Å². The third kappa shape index (κ3) is 4.53. The Bertz CT molecular complexity index is 1870. The Morgan fingerprint density at radius 3 is 2.68 bits per heavy atom. The average molecular weight is 570 g/mol. The van der Waals surface area contributed by atoms with Crippen LogP contribution in [0.25, 0.3) is 15.9 Å². The molecule has 2 aromatic carbocycles. The zero-order valence-electron chi connectivity index (χ0n) is 22.6. The normalized spacial score (nSPS) is 17.3. The molecular formula is C31H28FN5O3S. The van der Waals surface area contributed by atoms with Crippen molar-refractivity contribution in [3.05, 3.63) is 99.2 Å². The Balaban J connectivity index is 1.11. The summed E-state index contributed by atoms with van der Waals surface area (Å²) in [5.74, 6) is -0.217. The number of carbonyl (C=O) groups excluding carboxylic acids is 1. The summed E-state index contributed by atoms with van der Waals surface area (Å²) in [7, 11) is 1.72. The van der Waals surface area contributed by atoms with Gasteiger partial charge in [-0.2, -0.15) is 0 Å². The Labute approximate surface area is 239 Å². The maximum absolute atomic E-state index is 15.2. The van der Waals surface area contributed by atoms with Gasteiger partial charge in [0.2, 0.25) is 0 Å². The number of ether oxygens (including phenoxy) is 1. The summed E-state index contributed by atoms with van der Waals surface area (Å²) in [6.07, 6.45) is 5.29. The second-order valence-electron chi connectivity index (χ2n) is 10.9. The van der Waals surface area contributed by atoms with E-state index in [-0.39, 0.29) is 17.0 Å². The van der Waals surface area contributed by atoms with Gasteiger partial charge < -0.3 is 15.4 Å². The highest BCUT2D eigenvalue weighted by atomic mass is 32.1. The van der Waals surface area contributed by atoms with Crippen molar-refractivity contribution in [3.8, 4) is 17.2 Å². The van der Waals surface area contributed by atoms with Crippen molar-refractivity contribution >= 4 is 33.1 Å². The second kappa shape index (κ2) is 9.67. The largest absolute Gasteiger partial charge is 0.453 e. The van der Waals surface area contributed by atoms with Crippen LogP contribution in [0.15, 0.2) is 71.7 Å². The molecule has 0 radical (unpaired) electrons. The molecule has 4 heterocycles. The Hall–Kier alpha value is -4.28. The van der Waals surface area contributed by atoms with Crippen LogP contribution in [0, 0.1) is 12.7 Å². The molecule has 1 saturated heterocycles. The zero-order chi connectivity index (χ0) is 28.3. The first-order chi connectivity index (χ1) is 19.8. The summed E-state index contributed by atoms with van der Waals surface area (Å²) in [5, 5.41) is 6.33. The van der Waals surface area contributed by atoms with Gasteiger partial charge in [0.25, 0.3) is 11.5 Å². The first kappa shape index (κ1) is 25.7. The molecule has 8 nitrogen and oxygen atoms in total. The fourth-order valence-corrected chi connectivity index (χ4v) is 6.87. The minimum atomic E-state index is -0.633. The van der Waals surface area contributed by atoms with E-state index >= 15 is 4.39 Å². The summed E-state index contributed by atoms with van der Waals surface area (Å²) < 4.78 is 25.2. The molecule has 0 bridgehead atoms. The molecule has 1 aliphatic carbocycles. The number of pyridine rings is 1. The maximum atomic E-state index is 15.2. The number of fused-ring (bicyclic) bond motifs is 1. The lowest BCUT2D eigenvalue weighted by molar-refractivity contribution is 0.102. The summed E-state index contributed by atoms with van der Waals surface area (Å²) in [4.78, 5) is 32.1. The molecule has 208 valence electrons. The number of para-hydroxylation sites is 1. The molecule has 5 aromatic rings. The number of thiophene rings is 1. The Morgan fingerprint density at radius 2 is 1.95 bits per heavy atom. The van der Waals surface area contributed by atoms with Gasteiger partial charge in [0.1, 0.15) is 11.3 Å². The predicted octanol–water partition coefficient (Wildman–Crippen LogP) is 5.89. The number of nitrogens with zero attached hydrogens (tertiary/aromatic N) is 3. The minimum absolute atomic E-state index is 0.00478.